The SMILES string of the molecule is O=C(O)CCCc1ccccc1.O=C(O)CCCc1ccccc1.[Cl][Pt+2][Cl].[NH-]C1CCCCC1.[NH2-]. The predicted molar refractivity (Wildman–Crippen MR) is 142 cm³/mol. The summed E-state index contributed by atoms with van der Waals surface area (Å²) in [4.78, 5) is 20.4. The van der Waals surface area contributed by atoms with Gasteiger partial charge in [-0.1, -0.05) is 92.8 Å². The Morgan fingerprint density at radius 2 is 1.11 bits per heavy atom. The van der Waals surface area contributed by atoms with E-state index in [0.29, 0.717) is 0 Å². The number of aryl methyl sites for hydroxylation is 2. The van der Waals surface area contributed by atoms with Gasteiger partial charge in [0.15, 0.2) is 0 Å². The standard InChI is InChI=1S/2C10H12O2.C6H12N.2ClH.H2N.Pt/c2*11-10(12)8-4-7-9-5-2-1-3-6-9;7-6-4-2-1-3-5-6;;;;/h2*1-3,5-6H,4,7-8H2,(H,11,12);6-7H,1-5H2;2*1H;1H2;/q;;-1;;;-1;+4/p-2. The number of carboxylic acid groups (broad SMARTS) is 2. The Morgan fingerprint density at radius 1 is 0.771 bits per heavy atom. The van der Waals surface area contributed by atoms with E-state index in [-0.39, 0.29) is 25.0 Å². The number of halogens is 2. The molecule has 0 bridgehead atoms. The number of rotatable bonds is 8. The maximum absolute atomic E-state index is 10.2. The third-order valence-corrected chi connectivity index (χ3v) is 5.00. The molecule has 1 saturated carbocycles. The summed E-state index contributed by atoms with van der Waals surface area (Å²) in [6.07, 6.45) is 9.94. The first kappa shape index (κ1) is 35.7. The Morgan fingerprint density at radius 3 is 1.37 bits per heavy atom. The van der Waals surface area contributed by atoms with Crippen LogP contribution >= 0.6 is 18.8 Å². The summed E-state index contributed by atoms with van der Waals surface area (Å²) in [7, 11) is 9.75. The molecule has 5 N–H and O–H groups in total. The number of nitrogens with one attached hydrogen (secondary N) is 1. The van der Waals surface area contributed by atoms with Gasteiger partial charge in [0.1, 0.15) is 0 Å². The molecule has 6 nitrogen and oxygen atoms in total. The summed E-state index contributed by atoms with van der Waals surface area (Å²) in [5.74, 6) is -1.43. The van der Waals surface area contributed by atoms with Crippen molar-refractivity contribution in [3.63, 3.8) is 0 Å². The van der Waals surface area contributed by atoms with Crippen molar-refractivity contribution in [2.24, 2.45) is 0 Å². The van der Waals surface area contributed by atoms with Crippen LogP contribution < -0.4 is 0 Å². The smallest absolute Gasteiger partial charge is 0.0534 e. The van der Waals surface area contributed by atoms with E-state index in [1.54, 1.807) is 0 Å². The van der Waals surface area contributed by atoms with Crippen LogP contribution in [0.2, 0.25) is 0 Å². The van der Waals surface area contributed by atoms with E-state index in [4.69, 9.17) is 34.8 Å². The van der Waals surface area contributed by atoms with Gasteiger partial charge in [0.25, 0.3) is 0 Å². The Kier molecular flexibility index (Phi) is 26.2. The minimum absolute atomic E-state index is 0. The molecule has 0 saturated heterocycles. The van der Waals surface area contributed by atoms with Gasteiger partial charge in [0.2, 0.25) is 0 Å². The first-order chi connectivity index (χ1) is 16.4. The fraction of sp³-hybridized carbons (Fsp3) is 0.462. The normalized spacial score (nSPS) is 12.3. The summed E-state index contributed by atoms with van der Waals surface area (Å²) in [5.41, 5.74) is 9.69. The van der Waals surface area contributed by atoms with Crippen LogP contribution in [0.25, 0.3) is 11.9 Å². The largest absolute Gasteiger partial charge is 0.693 e. The van der Waals surface area contributed by atoms with Crippen LogP contribution in [0.15, 0.2) is 60.7 Å². The molecule has 1 fully saturated rings. The molecule has 0 radical (unpaired) electrons. The van der Waals surface area contributed by atoms with Gasteiger partial charge in [-0.3, -0.25) is 9.59 Å². The third kappa shape index (κ3) is 25.5. The van der Waals surface area contributed by atoms with Crippen LogP contribution in [-0.4, -0.2) is 28.2 Å². The van der Waals surface area contributed by atoms with Crippen molar-refractivity contribution in [2.75, 3.05) is 0 Å². The Labute approximate surface area is 226 Å². The van der Waals surface area contributed by atoms with Crippen molar-refractivity contribution in [3.05, 3.63) is 83.7 Å². The number of nitrogens with two attached hydrogens (primary N) is 1. The number of aliphatic carboxylic acids is 2. The van der Waals surface area contributed by atoms with Gasteiger partial charge >= 0.3 is 47.3 Å². The number of carbonyl (C=O) groups is 2. The molecule has 2 aromatic carbocycles. The number of hydrogen-bond donors (Lipinski definition) is 2. The fourth-order valence-corrected chi connectivity index (χ4v) is 3.28. The Hall–Kier alpha value is -1.43. The molecule has 1 aliphatic rings. The molecule has 0 atom stereocenters. The molecule has 2 aromatic rings. The summed E-state index contributed by atoms with van der Waals surface area (Å²) in [6, 6.07) is 20.1. The van der Waals surface area contributed by atoms with Crippen LogP contribution in [0.3, 0.4) is 0 Å². The first-order valence-corrected chi connectivity index (χ1v) is 17.1. The average Bonchev–Trinajstić information content (AvgIpc) is 2.82. The quantitative estimate of drug-likeness (QED) is 0.284. The van der Waals surface area contributed by atoms with E-state index in [0.717, 1.165) is 38.5 Å². The summed E-state index contributed by atoms with van der Waals surface area (Å²) < 4.78 is 0. The van der Waals surface area contributed by atoms with E-state index >= 15 is 0 Å². The molecule has 3 rings (SSSR count). The van der Waals surface area contributed by atoms with Gasteiger partial charge in [-0.15, -0.1) is 6.04 Å². The van der Waals surface area contributed by atoms with Crippen molar-refractivity contribution in [1.82, 2.24) is 0 Å². The second-order valence-corrected chi connectivity index (χ2v) is 11.1. The third-order valence-electron chi connectivity index (χ3n) is 5.00. The second kappa shape index (κ2) is 25.7. The molecule has 35 heavy (non-hydrogen) atoms. The van der Waals surface area contributed by atoms with E-state index in [1.807, 2.05) is 60.7 Å². The van der Waals surface area contributed by atoms with Crippen molar-refractivity contribution < 1.29 is 36.3 Å². The zero-order chi connectivity index (χ0) is 25.4. The molecule has 0 heterocycles. The number of carboxylic acids is 2. The minimum atomic E-state index is -0.717. The van der Waals surface area contributed by atoms with Gasteiger partial charge in [-0.2, -0.15) is 0 Å². The van der Waals surface area contributed by atoms with Crippen molar-refractivity contribution in [2.45, 2.75) is 76.7 Å². The van der Waals surface area contributed by atoms with Crippen molar-refractivity contribution >= 4 is 30.8 Å². The fourth-order valence-electron chi connectivity index (χ4n) is 3.28. The maximum Gasteiger partial charge on any atom is -0.0534 e. The van der Waals surface area contributed by atoms with Crippen LogP contribution in [0.5, 0.6) is 0 Å². The van der Waals surface area contributed by atoms with Crippen LogP contribution in [-0.2, 0) is 38.9 Å². The molecule has 0 aliphatic heterocycles. The summed E-state index contributed by atoms with van der Waals surface area (Å²) >= 11 is -0.472. The van der Waals surface area contributed by atoms with E-state index in [1.165, 1.54) is 30.4 Å². The van der Waals surface area contributed by atoms with Gasteiger partial charge < -0.3 is 22.1 Å². The Balaban J connectivity index is 0. The van der Waals surface area contributed by atoms with Gasteiger partial charge in [0, 0.05) is 12.8 Å². The number of hydrogen-bond acceptors (Lipinski definition) is 2. The monoisotopic (exact) mass is 707 g/mol. The van der Waals surface area contributed by atoms with Crippen molar-refractivity contribution in [3.8, 4) is 0 Å². The first-order valence-electron chi connectivity index (χ1n) is 11.4. The molecular weight excluding hydrogens is 670 g/mol. The van der Waals surface area contributed by atoms with E-state index < -0.39 is 28.4 Å². The summed E-state index contributed by atoms with van der Waals surface area (Å²) in [5, 5.41) is 16.8. The van der Waals surface area contributed by atoms with E-state index in [9.17, 15) is 9.59 Å². The van der Waals surface area contributed by atoms with Crippen LogP contribution in [0.1, 0.15) is 68.9 Å². The minimum Gasteiger partial charge on any atom is -0.693 e. The predicted octanol–water partition coefficient (Wildman–Crippen LogP) is 8.65. The molecule has 200 valence electrons. The van der Waals surface area contributed by atoms with Crippen LogP contribution in [0.4, 0.5) is 0 Å². The second-order valence-electron chi connectivity index (χ2n) is 7.85. The zero-order valence-corrected chi connectivity index (χ0v) is 23.8. The average molecular weight is 709 g/mol. The molecular formula is C26H38Cl2N2O4Pt. The molecule has 0 unspecified atom stereocenters. The van der Waals surface area contributed by atoms with Gasteiger partial charge in [-0.25, -0.2) is 0 Å². The topological polar surface area (TPSA) is 132 Å². The van der Waals surface area contributed by atoms with Gasteiger partial charge in [-0.05, 0) is 36.8 Å². The molecule has 0 spiro atoms. The zero-order valence-electron chi connectivity index (χ0n) is 20.0. The maximum atomic E-state index is 10.2. The van der Waals surface area contributed by atoms with Crippen LogP contribution in [0, 0.1) is 0 Å². The number of benzene rings is 2. The van der Waals surface area contributed by atoms with Crippen molar-refractivity contribution in [1.29, 1.82) is 0 Å². The van der Waals surface area contributed by atoms with E-state index in [2.05, 4.69) is 0 Å². The molecule has 0 aromatic heterocycles. The molecule has 0 amide bonds. The Bertz CT molecular complexity index is 694. The van der Waals surface area contributed by atoms with Gasteiger partial charge in [0.05, 0.1) is 0 Å². The molecule has 9 heteroatoms. The molecule has 1 aliphatic carbocycles. The summed E-state index contributed by atoms with van der Waals surface area (Å²) in [6.45, 7) is 0.